The van der Waals surface area contributed by atoms with Crippen molar-refractivity contribution < 1.29 is 8.42 Å². The highest BCUT2D eigenvalue weighted by Crippen LogP contribution is 2.62. The number of halogens is 1. The van der Waals surface area contributed by atoms with Gasteiger partial charge in [0, 0.05) is 12.2 Å². The van der Waals surface area contributed by atoms with Crippen molar-refractivity contribution in [1.82, 2.24) is 9.71 Å². The van der Waals surface area contributed by atoms with Gasteiger partial charge in [-0.3, -0.25) is 0 Å². The normalized spacial score (nSPS) is 34.3. The maximum atomic E-state index is 12.6. The summed E-state index contributed by atoms with van der Waals surface area (Å²) in [5.74, 6) is 0.594. The fourth-order valence-electron chi connectivity index (χ4n) is 4.37. The number of aromatic nitrogens is 1. The minimum absolute atomic E-state index is 0.0170. The van der Waals surface area contributed by atoms with Crippen molar-refractivity contribution in [2.24, 2.45) is 16.7 Å². The van der Waals surface area contributed by atoms with E-state index in [0.717, 1.165) is 12.8 Å². The van der Waals surface area contributed by atoms with Crippen molar-refractivity contribution in [3.05, 3.63) is 23.5 Å². The van der Waals surface area contributed by atoms with Crippen LogP contribution < -0.4 is 4.72 Å². The van der Waals surface area contributed by atoms with E-state index in [9.17, 15) is 8.42 Å². The molecule has 3 rings (SSSR count). The molecule has 3 atom stereocenters. The van der Waals surface area contributed by atoms with Gasteiger partial charge in [0.1, 0.15) is 5.15 Å². The number of sulfonamides is 1. The molecule has 2 bridgehead atoms. The fourth-order valence-corrected chi connectivity index (χ4v) is 6.15. The Kier molecular flexibility index (Phi) is 3.39. The van der Waals surface area contributed by atoms with Crippen LogP contribution in [0.15, 0.2) is 23.2 Å². The van der Waals surface area contributed by atoms with Crippen LogP contribution in [0.4, 0.5) is 0 Å². The lowest BCUT2D eigenvalue weighted by Crippen LogP contribution is -2.52. The minimum atomic E-state index is -3.57. The lowest BCUT2D eigenvalue weighted by molar-refractivity contribution is 0.127. The molecular formula is C15H21ClN2O2S. The largest absolute Gasteiger partial charge is 0.244 e. The van der Waals surface area contributed by atoms with Crippen LogP contribution >= 0.6 is 11.6 Å². The number of hydrogen-bond acceptors (Lipinski definition) is 3. The summed E-state index contributed by atoms with van der Waals surface area (Å²) in [7, 11) is -3.57. The third kappa shape index (κ3) is 2.39. The van der Waals surface area contributed by atoms with Gasteiger partial charge in [-0.1, -0.05) is 32.4 Å². The molecule has 0 amide bonds. The summed E-state index contributed by atoms with van der Waals surface area (Å²) in [5.41, 5.74) is 0.0367. The van der Waals surface area contributed by atoms with E-state index in [2.05, 4.69) is 30.5 Å². The molecule has 0 aliphatic heterocycles. The Balaban J connectivity index is 1.93. The first-order valence-corrected chi connectivity index (χ1v) is 9.15. The molecule has 1 aromatic heterocycles. The molecule has 1 aromatic rings. The van der Waals surface area contributed by atoms with E-state index in [1.807, 2.05) is 0 Å². The summed E-state index contributed by atoms with van der Waals surface area (Å²) in [4.78, 5) is 4.02. The molecule has 0 aromatic carbocycles. The van der Waals surface area contributed by atoms with Crippen molar-refractivity contribution in [1.29, 1.82) is 0 Å². The van der Waals surface area contributed by atoms with E-state index in [0.29, 0.717) is 5.92 Å². The molecule has 3 unspecified atom stereocenters. The van der Waals surface area contributed by atoms with Crippen LogP contribution in [0.2, 0.25) is 5.15 Å². The summed E-state index contributed by atoms with van der Waals surface area (Å²) in [6.07, 6.45) is 4.81. The number of nitrogens with zero attached hydrogens (tertiary/aromatic N) is 1. The first kappa shape index (κ1) is 15.3. The molecular weight excluding hydrogens is 308 g/mol. The summed E-state index contributed by atoms with van der Waals surface area (Å²) in [6.45, 7) is 6.55. The van der Waals surface area contributed by atoms with Crippen LogP contribution in [-0.2, 0) is 10.0 Å². The number of nitrogens with one attached hydrogen (secondary N) is 1. The topological polar surface area (TPSA) is 59.1 Å². The van der Waals surface area contributed by atoms with Gasteiger partial charge >= 0.3 is 0 Å². The van der Waals surface area contributed by atoms with E-state index < -0.39 is 10.0 Å². The van der Waals surface area contributed by atoms with Gasteiger partial charge < -0.3 is 0 Å². The molecule has 1 N–H and O–H groups in total. The van der Waals surface area contributed by atoms with Gasteiger partial charge in [-0.05, 0) is 48.1 Å². The van der Waals surface area contributed by atoms with Crippen molar-refractivity contribution in [3.8, 4) is 0 Å². The Morgan fingerprint density at radius 1 is 1.38 bits per heavy atom. The second kappa shape index (κ2) is 4.67. The second-order valence-electron chi connectivity index (χ2n) is 7.28. The molecule has 1 heterocycles. The fraction of sp³-hybridized carbons (Fsp3) is 0.667. The molecule has 0 radical (unpaired) electrons. The van der Waals surface area contributed by atoms with Crippen LogP contribution in [0.25, 0.3) is 0 Å². The number of pyridine rings is 1. The zero-order chi connectivity index (χ0) is 15.5. The Morgan fingerprint density at radius 2 is 2.10 bits per heavy atom. The molecule has 2 saturated carbocycles. The first-order chi connectivity index (χ1) is 9.65. The van der Waals surface area contributed by atoms with Gasteiger partial charge in [0.2, 0.25) is 10.0 Å². The van der Waals surface area contributed by atoms with Crippen molar-refractivity contribution >= 4 is 21.6 Å². The lowest BCUT2D eigenvalue weighted by Gasteiger charge is -2.42. The first-order valence-electron chi connectivity index (χ1n) is 7.29. The molecule has 4 nitrogen and oxygen atoms in total. The molecule has 2 fully saturated rings. The lowest BCUT2D eigenvalue weighted by atomic mass is 9.69. The third-order valence-electron chi connectivity index (χ3n) is 5.55. The second-order valence-corrected chi connectivity index (χ2v) is 9.38. The summed E-state index contributed by atoms with van der Waals surface area (Å²) >= 11 is 5.81. The van der Waals surface area contributed by atoms with Crippen molar-refractivity contribution in [2.45, 2.75) is 51.0 Å². The van der Waals surface area contributed by atoms with Gasteiger partial charge in [0.05, 0.1) is 4.90 Å². The highest BCUT2D eigenvalue weighted by molar-refractivity contribution is 7.89. The summed E-state index contributed by atoms with van der Waals surface area (Å²) < 4.78 is 28.2. The molecule has 0 spiro atoms. The molecule has 21 heavy (non-hydrogen) atoms. The minimum Gasteiger partial charge on any atom is -0.244 e. The van der Waals surface area contributed by atoms with E-state index in [4.69, 9.17) is 11.6 Å². The average molecular weight is 329 g/mol. The van der Waals surface area contributed by atoms with Gasteiger partial charge in [-0.25, -0.2) is 18.1 Å². The predicted octanol–water partition coefficient (Wildman–Crippen LogP) is 3.23. The van der Waals surface area contributed by atoms with Crippen LogP contribution in [0.3, 0.4) is 0 Å². The predicted molar refractivity (Wildman–Crippen MR) is 82.6 cm³/mol. The van der Waals surface area contributed by atoms with Crippen molar-refractivity contribution in [2.75, 3.05) is 0 Å². The van der Waals surface area contributed by atoms with Crippen molar-refractivity contribution in [3.63, 3.8) is 0 Å². The quantitative estimate of drug-likeness (QED) is 0.867. The molecule has 2 aliphatic carbocycles. The maximum absolute atomic E-state index is 12.6. The standard InChI is InChI=1S/C15H21ClN2O2S/c1-14(2)10-4-6-15(3,9-10)13(14)18-21(19,20)11-5-7-17-12(16)8-11/h5,7-8,10,13,18H,4,6,9H2,1-3H3. The monoisotopic (exact) mass is 328 g/mol. The van der Waals surface area contributed by atoms with Gasteiger partial charge in [-0.2, -0.15) is 0 Å². The van der Waals surface area contributed by atoms with E-state index >= 15 is 0 Å². The highest BCUT2D eigenvalue weighted by Gasteiger charge is 2.60. The molecule has 6 heteroatoms. The van der Waals surface area contributed by atoms with E-state index in [-0.39, 0.29) is 26.9 Å². The van der Waals surface area contributed by atoms with Crippen LogP contribution in [0, 0.1) is 16.7 Å². The van der Waals surface area contributed by atoms with Crippen LogP contribution in [-0.4, -0.2) is 19.4 Å². The van der Waals surface area contributed by atoms with Crippen LogP contribution in [0.5, 0.6) is 0 Å². The third-order valence-corrected chi connectivity index (χ3v) is 7.18. The Labute approximate surface area is 131 Å². The zero-order valence-corrected chi connectivity index (χ0v) is 14.1. The highest BCUT2D eigenvalue weighted by atomic mass is 35.5. The number of rotatable bonds is 3. The smallest absolute Gasteiger partial charge is 0.241 e. The van der Waals surface area contributed by atoms with Gasteiger partial charge in [0.15, 0.2) is 0 Å². The summed E-state index contributed by atoms with van der Waals surface area (Å²) in [6, 6.07) is 2.84. The maximum Gasteiger partial charge on any atom is 0.241 e. The molecule has 2 aliphatic rings. The van der Waals surface area contributed by atoms with Gasteiger partial charge in [-0.15, -0.1) is 0 Å². The summed E-state index contributed by atoms with van der Waals surface area (Å²) in [5, 5.41) is 0.191. The van der Waals surface area contributed by atoms with Crippen LogP contribution in [0.1, 0.15) is 40.0 Å². The van der Waals surface area contributed by atoms with Gasteiger partial charge in [0.25, 0.3) is 0 Å². The SMILES string of the molecule is CC12CCC(C1)C(C)(C)C2NS(=O)(=O)c1ccnc(Cl)c1. The zero-order valence-electron chi connectivity index (χ0n) is 12.6. The van der Waals surface area contributed by atoms with E-state index in [1.165, 1.54) is 24.8 Å². The number of hydrogen-bond donors (Lipinski definition) is 1. The Hall–Kier alpha value is -0.650. The average Bonchev–Trinajstić information content (AvgIpc) is 2.86. The van der Waals surface area contributed by atoms with E-state index in [1.54, 1.807) is 0 Å². The molecule has 0 saturated heterocycles. The number of fused-ring (bicyclic) bond motifs is 2. The molecule has 116 valence electrons. The Bertz CT molecular complexity index is 669. The Morgan fingerprint density at radius 3 is 2.67 bits per heavy atom.